The van der Waals surface area contributed by atoms with Crippen LogP contribution in [0.2, 0.25) is 0 Å². The van der Waals surface area contributed by atoms with Crippen molar-refractivity contribution in [1.29, 1.82) is 0 Å². The average molecular weight is 311 g/mol. The molecule has 5 nitrogen and oxygen atoms in total. The van der Waals surface area contributed by atoms with Crippen molar-refractivity contribution in [3.63, 3.8) is 0 Å². The third-order valence-electron chi connectivity index (χ3n) is 3.16. The van der Waals surface area contributed by atoms with Crippen molar-refractivity contribution in [3.8, 4) is 0 Å². The second-order valence-corrected chi connectivity index (χ2v) is 7.00. The van der Waals surface area contributed by atoms with Gasteiger partial charge in [0.15, 0.2) is 15.8 Å². The minimum absolute atomic E-state index is 0.0114. The van der Waals surface area contributed by atoms with E-state index in [2.05, 4.69) is 17.2 Å². The fourth-order valence-electron chi connectivity index (χ4n) is 1.86. The molecule has 0 radical (unpaired) electrons. The lowest BCUT2D eigenvalue weighted by Crippen LogP contribution is -2.43. The molecule has 1 aromatic carbocycles. The zero-order valence-electron chi connectivity index (χ0n) is 12.7. The van der Waals surface area contributed by atoms with Crippen molar-refractivity contribution in [3.05, 3.63) is 30.3 Å². The van der Waals surface area contributed by atoms with Crippen molar-refractivity contribution >= 4 is 15.8 Å². The first-order valence-corrected chi connectivity index (χ1v) is 8.99. The van der Waals surface area contributed by atoms with E-state index in [1.165, 1.54) is 0 Å². The Morgan fingerprint density at radius 2 is 1.95 bits per heavy atom. The summed E-state index contributed by atoms with van der Waals surface area (Å²) in [6.45, 7) is 4.68. The van der Waals surface area contributed by atoms with Crippen molar-refractivity contribution in [1.82, 2.24) is 5.32 Å². The molecule has 1 rings (SSSR count). The van der Waals surface area contributed by atoms with Gasteiger partial charge in [0.05, 0.1) is 10.6 Å². The molecular formula is C15H25N3O2S. The Bertz CT molecular complexity index is 541. The monoisotopic (exact) mass is 311 g/mol. The van der Waals surface area contributed by atoms with Crippen LogP contribution in [-0.4, -0.2) is 32.7 Å². The summed E-state index contributed by atoms with van der Waals surface area (Å²) in [7, 11) is -3.32. The van der Waals surface area contributed by atoms with E-state index in [4.69, 9.17) is 5.73 Å². The number of nitrogens with zero attached hydrogens (tertiary/aromatic N) is 1. The highest BCUT2D eigenvalue weighted by atomic mass is 32.2. The number of hydrogen-bond donors (Lipinski definition) is 2. The Hall–Kier alpha value is -1.56. The Labute approximate surface area is 127 Å². The molecule has 21 heavy (non-hydrogen) atoms. The minimum Gasteiger partial charge on any atom is -0.370 e. The number of hydrogen-bond acceptors (Lipinski definition) is 3. The van der Waals surface area contributed by atoms with Crippen molar-refractivity contribution in [2.45, 2.75) is 44.0 Å². The summed E-state index contributed by atoms with van der Waals surface area (Å²) in [5.74, 6) is 0.330. The molecule has 0 saturated heterocycles. The van der Waals surface area contributed by atoms with Gasteiger partial charge in [-0.1, -0.05) is 38.5 Å². The molecule has 0 amide bonds. The van der Waals surface area contributed by atoms with Crippen LogP contribution < -0.4 is 11.1 Å². The van der Waals surface area contributed by atoms with E-state index in [9.17, 15) is 8.42 Å². The molecule has 0 aliphatic rings. The molecular weight excluding hydrogens is 286 g/mol. The highest BCUT2D eigenvalue weighted by Gasteiger charge is 2.20. The summed E-state index contributed by atoms with van der Waals surface area (Å²) < 4.78 is 24.6. The molecule has 6 heteroatoms. The molecule has 1 unspecified atom stereocenters. The second kappa shape index (κ2) is 8.67. The standard InChI is InChI=1S/C15H25N3O2S/c1-3-5-11-17-15(16)18-13(4-2)12-21(19,20)14-9-7-6-8-10-14/h6-10,13H,3-5,11-12H2,1-2H3,(H3,16,17,18). The third-order valence-corrected chi connectivity index (χ3v) is 4.99. The van der Waals surface area contributed by atoms with E-state index < -0.39 is 9.84 Å². The zero-order chi connectivity index (χ0) is 15.7. The van der Waals surface area contributed by atoms with Crippen LogP contribution in [0.1, 0.15) is 33.1 Å². The smallest absolute Gasteiger partial charge is 0.188 e. The molecule has 0 aliphatic carbocycles. The summed E-state index contributed by atoms with van der Waals surface area (Å²) in [4.78, 5) is 4.53. The van der Waals surface area contributed by atoms with Gasteiger partial charge in [0.2, 0.25) is 0 Å². The second-order valence-electron chi connectivity index (χ2n) is 4.96. The molecule has 0 aromatic heterocycles. The number of unbranched alkanes of at least 4 members (excludes halogenated alkanes) is 1. The van der Waals surface area contributed by atoms with E-state index in [-0.39, 0.29) is 11.8 Å². The number of aliphatic imine (C=N–C) groups is 1. The maximum atomic E-state index is 12.3. The maximum absolute atomic E-state index is 12.3. The summed E-state index contributed by atoms with van der Waals surface area (Å²) in [6.07, 6.45) is 2.69. The van der Waals surface area contributed by atoms with Crippen molar-refractivity contribution in [2.24, 2.45) is 10.7 Å². The van der Waals surface area contributed by atoms with Gasteiger partial charge in [0.1, 0.15) is 0 Å². The van der Waals surface area contributed by atoms with Crippen molar-refractivity contribution in [2.75, 3.05) is 12.3 Å². The largest absolute Gasteiger partial charge is 0.370 e. The van der Waals surface area contributed by atoms with Gasteiger partial charge in [-0.3, -0.25) is 4.99 Å². The van der Waals surface area contributed by atoms with Crippen LogP contribution in [0.3, 0.4) is 0 Å². The molecule has 1 aromatic rings. The Kier molecular flexibility index (Phi) is 7.22. The number of nitrogens with one attached hydrogen (secondary N) is 1. The van der Waals surface area contributed by atoms with Crippen LogP contribution in [0.5, 0.6) is 0 Å². The quantitative estimate of drug-likeness (QED) is 0.436. The summed E-state index contributed by atoms with van der Waals surface area (Å²) in [5, 5.41) is 3.00. The number of benzene rings is 1. The van der Waals surface area contributed by atoms with E-state index in [1.54, 1.807) is 30.3 Å². The lowest BCUT2D eigenvalue weighted by Gasteiger charge is -2.17. The van der Waals surface area contributed by atoms with Crippen LogP contribution in [0.15, 0.2) is 40.2 Å². The molecule has 0 fully saturated rings. The van der Waals surface area contributed by atoms with Gasteiger partial charge in [0.25, 0.3) is 0 Å². The topological polar surface area (TPSA) is 84.5 Å². The highest BCUT2D eigenvalue weighted by molar-refractivity contribution is 7.91. The molecule has 1 atom stereocenters. The molecule has 3 N–H and O–H groups in total. The molecule has 0 bridgehead atoms. The molecule has 118 valence electrons. The fraction of sp³-hybridized carbons (Fsp3) is 0.533. The predicted molar refractivity (Wildman–Crippen MR) is 87.1 cm³/mol. The third kappa shape index (κ3) is 6.16. The van der Waals surface area contributed by atoms with Gasteiger partial charge < -0.3 is 11.1 Å². The Balaban J connectivity index is 2.68. The van der Waals surface area contributed by atoms with Gasteiger partial charge >= 0.3 is 0 Å². The highest BCUT2D eigenvalue weighted by Crippen LogP contribution is 2.12. The summed E-state index contributed by atoms with van der Waals surface area (Å²) >= 11 is 0. The van der Waals surface area contributed by atoms with Crippen molar-refractivity contribution < 1.29 is 8.42 Å². The van der Waals surface area contributed by atoms with Crippen LogP contribution in [0.4, 0.5) is 0 Å². The molecule has 0 aliphatic heterocycles. The van der Waals surface area contributed by atoms with E-state index in [0.717, 1.165) is 12.8 Å². The van der Waals surface area contributed by atoms with E-state index in [1.807, 2.05) is 6.92 Å². The van der Waals surface area contributed by atoms with Crippen LogP contribution in [-0.2, 0) is 9.84 Å². The Morgan fingerprint density at radius 1 is 1.29 bits per heavy atom. The molecule has 0 spiro atoms. The first kappa shape index (κ1) is 17.5. The molecule has 0 heterocycles. The van der Waals surface area contributed by atoms with Crippen LogP contribution in [0.25, 0.3) is 0 Å². The number of sulfone groups is 1. The SMILES string of the molecule is CCCCN=C(N)NC(CC)CS(=O)(=O)c1ccccc1. The van der Waals surface area contributed by atoms with Gasteiger partial charge in [0, 0.05) is 12.6 Å². The minimum atomic E-state index is -3.32. The van der Waals surface area contributed by atoms with E-state index >= 15 is 0 Å². The van der Waals surface area contributed by atoms with Gasteiger partial charge in [-0.25, -0.2) is 8.42 Å². The Morgan fingerprint density at radius 3 is 2.52 bits per heavy atom. The number of nitrogens with two attached hydrogens (primary N) is 1. The first-order valence-electron chi connectivity index (χ1n) is 7.33. The van der Waals surface area contributed by atoms with E-state index in [0.29, 0.717) is 23.8 Å². The lowest BCUT2D eigenvalue weighted by atomic mass is 10.3. The number of guanidine groups is 1. The predicted octanol–water partition coefficient (Wildman–Crippen LogP) is 1.94. The van der Waals surface area contributed by atoms with Gasteiger partial charge in [-0.15, -0.1) is 0 Å². The fourth-order valence-corrected chi connectivity index (χ4v) is 3.48. The summed E-state index contributed by atoms with van der Waals surface area (Å²) in [5.41, 5.74) is 5.79. The van der Waals surface area contributed by atoms with Crippen LogP contribution >= 0.6 is 0 Å². The first-order chi connectivity index (χ1) is 9.99. The van der Waals surface area contributed by atoms with Gasteiger partial charge in [-0.2, -0.15) is 0 Å². The normalized spacial score (nSPS) is 13.9. The summed E-state index contributed by atoms with van der Waals surface area (Å²) in [6, 6.07) is 8.23. The number of rotatable bonds is 8. The van der Waals surface area contributed by atoms with Crippen LogP contribution in [0, 0.1) is 0 Å². The lowest BCUT2D eigenvalue weighted by molar-refractivity contribution is 0.571. The molecule has 0 saturated carbocycles. The zero-order valence-corrected chi connectivity index (χ0v) is 13.6. The van der Waals surface area contributed by atoms with Gasteiger partial charge in [-0.05, 0) is 25.0 Å². The average Bonchev–Trinajstić information content (AvgIpc) is 2.47. The maximum Gasteiger partial charge on any atom is 0.188 e.